The molecule has 0 spiro atoms. The topological polar surface area (TPSA) is 96.2 Å². The van der Waals surface area contributed by atoms with Crippen molar-refractivity contribution in [3.63, 3.8) is 0 Å². The Hall–Kier alpha value is -3.45. The summed E-state index contributed by atoms with van der Waals surface area (Å²) in [4.78, 5) is 26.1. The molecule has 8 heteroatoms. The molecule has 0 amide bonds. The number of carbonyl (C=O) groups is 1. The number of methoxy groups -OCH3 is 2. The molecule has 2 aromatic carbocycles. The molecule has 164 valence electrons. The lowest BCUT2D eigenvalue weighted by Gasteiger charge is -2.34. The quantitative estimate of drug-likeness (QED) is 0.548. The van der Waals surface area contributed by atoms with E-state index < -0.39 is 5.92 Å². The number of hydrogen-bond donors (Lipinski definition) is 3. The lowest BCUT2D eigenvalue weighted by atomic mass is 9.73. The molecular formula is C24H22ClN3O4. The molecule has 0 saturated heterocycles. The van der Waals surface area contributed by atoms with E-state index in [-0.39, 0.29) is 17.3 Å². The number of Topliss-reactive ketones (excluding diaryl/α,β-unsaturated/α-hetero) is 1. The van der Waals surface area contributed by atoms with Crippen molar-refractivity contribution in [3.8, 4) is 11.5 Å². The summed E-state index contributed by atoms with van der Waals surface area (Å²) in [5.74, 6) is 1.41. The van der Waals surface area contributed by atoms with Crippen LogP contribution in [-0.2, 0) is 4.79 Å². The van der Waals surface area contributed by atoms with Gasteiger partial charge in [0.05, 0.1) is 19.8 Å². The van der Waals surface area contributed by atoms with E-state index in [9.17, 15) is 9.59 Å². The number of rotatable bonds is 4. The summed E-state index contributed by atoms with van der Waals surface area (Å²) in [7, 11) is 3.19. The second-order valence-corrected chi connectivity index (χ2v) is 8.45. The number of fused-ring (bicyclic) bond motifs is 1. The van der Waals surface area contributed by atoms with Gasteiger partial charge in [0.25, 0.3) is 5.56 Å². The second-order valence-electron chi connectivity index (χ2n) is 8.01. The number of carbonyl (C=O) groups excluding carboxylic acids is 1. The van der Waals surface area contributed by atoms with Crippen LogP contribution in [0.2, 0.25) is 5.02 Å². The first kappa shape index (κ1) is 20.5. The molecule has 5 rings (SSSR count). The van der Waals surface area contributed by atoms with Gasteiger partial charge in [-0.2, -0.15) is 0 Å². The smallest absolute Gasteiger partial charge is 0.270 e. The van der Waals surface area contributed by atoms with Crippen LogP contribution in [0.5, 0.6) is 11.5 Å². The minimum absolute atomic E-state index is 0.0183. The standard InChI is InChI=1S/C24H22ClN3O4/c1-31-18-8-5-13(11-19(18)32-2)14-9-16-21(17(29)10-14)20(12-3-6-15(25)7-4-12)22-23(26-16)27-28-24(22)30/h3-8,11,14,20H,9-10H2,1-2H3,(H3,26,27,28,30). The maximum Gasteiger partial charge on any atom is 0.270 e. The first-order valence-corrected chi connectivity index (χ1v) is 10.7. The predicted molar refractivity (Wildman–Crippen MR) is 122 cm³/mol. The van der Waals surface area contributed by atoms with Gasteiger partial charge in [0.15, 0.2) is 17.3 Å². The Labute approximate surface area is 189 Å². The number of benzene rings is 2. The Morgan fingerprint density at radius 3 is 2.34 bits per heavy atom. The van der Waals surface area contributed by atoms with Gasteiger partial charge in [0.1, 0.15) is 5.82 Å². The first-order valence-electron chi connectivity index (χ1n) is 10.3. The van der Waals surface area contributed by atoms with Crippen molar-refractivity contribution in [3.05, 3.63) is 85.8 Å². The number of hydrogen-bond acceptors (Lipinski definition) is 5. The number of H-pyrrole nitrogens is 2. The van der Waals surface area contributed by atoms with Crippen LogP contribution in [-0.4, -0.2) is 30.2 Å². The van der Waals surface area contributed by atoms with Crippen molar-refractivity contribution in [2.24, 2.45) is 0 Å². The van der Waals surface area contributed by atoms with Gasteiger partial charge in [0, 0.05) is 28.6 Å². The number of halogens is 1. The summed E-state index contributed by atoms with van der Waals surface area (Å²) < 4.78 is 10.8. The van der Waals surface area contributed by atoms with E-state index >= 15 is 0 Å². The number of aromatic amines is 2. The van der Waals surface area contributed by atoms with Crippen LogP contribution in [0.15, 0.2) is 58.5 Å². The minimum Gasteiger partial charge on any atom is -0.493 e. The normalized spacial score (nSPS) is 19.8. The third-order valence-electron chi connectivity index (χ3n) is 6.26. The Morgan fingerprint density at radius 1 is 0.906 bits per heavy atom. The highest BCUT2D eigenvalue weighted by Gasteiger charge is 2.40. The number of aromatic nitrogens is 2. The van der Waals surface area contributed by atoms with Crippen LogP contribution < -0.4 is 20.3 Å². The van der Waals surface area contributed by atoms with Gasteiger partial charge >= 0.3 is 0 Å². The molecule has 0 radical (unpaired) electrons. The molecule has 7 nitrogen and oxygen atoms in total. The zero-order chi connectivity index (χ0) is 22.4. The molecule has 0 bridgehead atoms. The number of allylic oxidation sites excluding steroid dienone is 2. The molecule has 2 heterocycles. The monoisotopic (exact) mass is 451 g/mol. The van der Waals surface area contributed by atoms with E-state index in [2.05, 4.69) is 15.5 Å². The van der Waals surface area contributed by atoms with Gasteiger partial charge in [-0.25, -0.2) is 0 Å². The van der Waals surface area contributed by atoms with Crippen LogP contribution in [0, 0.1) is 0 Å². The van der Waals surface area contributed by atoms with Gasteiger partial charge in [-0.1, -0.05) is 29.8 Å². The van der Waals surface area contributed by atoms with Crippen molar-refractivity contribution in [1.82, 2.24) is 10.2 Å². The van der Waals surface area contributed by atoms with Crippen molar-refractivity contribution >= 4 is 23.2 Å². The average molecular weight is 452 g/mol. The fraction of sp³-hybridized carbons (Fsp3) is 0.250. The van der Waals surface area contributed by atoms with Crippen molar-refractivity contribution in [2.75, 3.05) is 19.5 Å². The van der Waals surface area contributed by atoms with Gasteiger partial charge in [-0.05, 0) is 47.7 Å². The van der Waals surface area contributed by atoms with E-state index in [4.69, 9.17) is 21.1 Å². The summed E-state index contributed by atoms with van der Waals surface area (Å²) in [6.45, 7) is 0. The minimum atomic E-state index is -0.452. The van der Waals surface area contributed by atoms with Gasteiger partial charge in [-0.15, -0.1) is 0 Å². The number of nitrogens with one attached hydrogen (secondary N) is 3. The average Bonchev–Trinajstić information content (AvgIpc) is 3.18. The number of anilines is 1. The maximum absolute atomic E-state index is 13.5. The fourth-order valence-corrected chi connectivity index (χ4v) is 4.88. The highest BCUT2D eigenvalue weighted by molar-refractivity contribution is 6.30. The predicted octanol–water partition coefficient (Wildman–Crippen LogP) is 4.33. The highest BCUT2D eigenvalue weighted by atomic mass is 35.5. The molecule has 2 atom stereocenters. The molecule has 2 aliphatic rings. The zero-order valence-corrected chi connectivity index (χ0v) is 18.4. The highest BCUT2D eigenvalue weighted by Crippen LogP contribution is 2.47. The maximum atomic E-state index is 13.5. The molecule has 32 heavy (non-hydrogen) atoms. The van der Waals surface area contributed by atoms with E-state index in [1.807, 2.05) is 30.3 Å². The first-order chi connectivity index (χ1) is 15.5. The molecule has 0 saturated carbocycles. The molecule has 1 aromatic heterocycles. The van der Waals surface area contributed by atoms with Crippen molar-refractivity contribution < 1.29 is 14.3 Å². The Bertz CT molecular complexity index is 1290. The molecule has 0 fully saturated rings. The molecule has 1 aliphatic heterocycles. The van der Waals surface area contributed by atoms with Gasteiger partial charge < -0.3 is 14.8 Å². The number of ether oxygens (including phenoxy) is 2. The van der Waals surface area contributed by atoms with E-state index in [0.29, 0.717) is 46.3 Å². The summed E-state index contributed by atoms with van der Waals surface area (Å²) in [5, 5.41) is 9.47. The van der Waals surface area contributed by atoms with Crippen LogP contribution in [0.1, 0.15) is 41.4 Å². The third-order valence-corrected chi connectivity index (χ3v) is 6.51. The van der Waals surface area contributed by atoms with E-state index in [0.717, 1.165) is 16.8 Å². The van der Waals surface area contributed by atoms with Crippen LogP contribution >= 0.6 is 11.6 Å². The SMILES string of the molecule is COc1ccc(C2CC(=O)C3=C(C2)Nc2[nH][nH]c(=O)c2C3c2ccc(Cl)cc2)cc1OC. The van der Waals surface area contributed by atoms with Crippen LogP contribution in [0.3, 0.4) is 0 Å². The van der Waals surface area contributed by atoms with Crippen molar-refractivity contribution in [1.29, 1.82) is 0 Å². The third kappa shape index (κ3) is 3.29. The Kier molecular flexibility index (Phi) is 5.06. The van der Waals surface area contributed by atoms with Gasteiger partial charge in [0.2, 0.25) is 0 Å². The molecule has 3 aromatic rings. The number of ketones is 1. The molecule has 1 aliphatic carbocycles. The van der Waals surface area contributed by atoms with E-state index in [1.54, 1.807) is 26.4 Å². The summed E-state index contributed by atoms with van der Waals surface area (Å²) in [6.07, 6.45) is 0.977. The van der Waals surface area contributed by atoms with Crippen molar-refractivity contribution in [2.45, 2.75) is 24.7 Å². The molecular weight excluding hydrogens is 430 g/mol. The Morgan fingerprint density at radius 2 is 1.62 bits per heavy atom. The lowest BCUT2D eigenvalue weighted by molar-refractivity contribution is -0.116. The summed E-state index contributed by atoms with van der Waals surface area (Å²) in [6, 6.07) is 13.0. The zero-order valence-electron chi connectivity index (χ0n) is 17.6. The summed E-state index contributed by atoms with van der Waals surface area (Å²) >= 11 is 6.08. The van der Waals surface area contributed by atoms with E-state index in [1.165, 1.54) is 0 Å². The summed E-state index contributed by atoms with van der Waals surface area (Å²) in [5.41, 5.74) is 3.59. The molecule has 3 N–H and O–H groups in total. The molecule has 2 unspecified atom stereocenters. The van der Waals surface area contributed by atoms with Gasteiger partial charge in [-0.3, -0.25) is 19.8 Å². The van der Waals surface area contributed by atoms with Crippen LogP contribution in [0.4, 0.5) is 5.82 Å². The lowest BCUT2D eigenvalue weighted by Crippen LogP contribution is -2.31. The fourth-order valence-electron chi connectivity index (χ4n) is 4.75. The second kappa shape index (κ2) is 7.91. The Balaban J connectivity index is 1.58. The van der Waals surface area contributed by atoms with Crippen LogP contribution in [0.25, 0.3) is 0 Å². The largest absolute Gasteiger partial charge is 0.493 e.